The average Bonchev–Trinajstić information content (AvgIpc) is 2.85. The van der Waals surface area contributed by atoms with Crippen molar-refractivity contribution in [2.45, 2.75) is 6.61 Å². The van der Waals surface area contributed by atoms with Crippen LogP contribution in [0.5, 0.6) is 5.75 Å². The van der Waals surface area contributed by atoms with Gasteiger partial charge in [0.2, 0.25) is 0 Å². The van der Waals surface area contributed by atoms with E-state index in [0.717, 1.165) is 28.6 Å². The fraction of sp³-hybridized carbons (Fsp3) is 0.143. The van der Waals surface area contributed by atoms with Crippen molar-refractivity contribution in [3.05, 3.63) is 51.7 Å². The summed E-state index contributed by atoms with van der Waals surface area (Å²) in [5, 5.41) is 1.86. The van der Waals surface area contributed by atoms with E-state index in [-0.39, 0.29) is 12.4 Å². The molecule has 2 nitrogen and oxygen atoms in total. The van der Waals surface area contributed by atoms with Crippen LogP contribution in [0.25, 0.3) is 0 Å². The van der Waals surface area contributed by atoms with E-state index >= 15 is 0 Å². The number of rotatable bonds is 3. The zero-order valence-corrected chi connectivity index (χ0v) is 10.8. The summed E-state index contributed by atoms with van der Waals surface area (Å²) in [4.78, 5) is 0.880. The molecule has 0 saturated heterocycles. The van der Waals surface area contributed by atoms with Gasteiger partial charge >= 0.3 is 0 Å². The number of benzene rings is 1. The molecule has 2 aromatic rings. The minimum atomic E-state index is -0.582. The predicted octanol–water partition coefficient (Wildman–Crippen LogP) is 2.92. The molecule has 0 bridgehead atoms. The highest BCUT2D eigenvalue weighted by Crippen LogP contribution is 2.21. The van der Waals surface area contributed by atoms with Crippen molar-refractivity contribution >= 4 is 11.3 Å². The second-order valence-corrected chi connectivity index (χ2v) is 4.67. The zero-order chi connectivity index (χ0) is 13.7. The molecule has 0 atom stereocenters. The third-order valence-corrected chi connectivity index (χ3v) is 3.16. The van der Waals surface area contributed by atoms with Gasteiger partial charge in [0.15, 0.2) is 11.6 Å². The summed E-state index contributed by atoms with van der Waals surface area (Å²) in [6.07, 6.45) is 0. The molecule has 5 heteroatoms. The second-order valence-electron chi connectivity index (χ2n) is 3.67. The topological polar surface area (TPSA) is 35.2 Å². The summed E-state index contributed by atoms with van der Waals surface area (Å²) in [7, 11) is 0. The van der Waals surface area contributed by atoms with Crippen LogP contribution in [-0.4, -0.2) is 6.54 Å². The lowest BCUT2D eigenvalue weighted by Gasteiger charge is -2.05. The van der Waals surface area contributed by atoms with Crippen LogP contribution in [0.1, 0.15) is 10.4 Å². The van der Waals surface area contributed by atoms with Crippen molar-refractivity contribution in [3.63, 3.8) is 0 Å². The second kappa shape index (κ2) is 6.32. The van der Waals surface area contributed by atoms with Crippen LogP contribution in [0.2, 0.25) is 0 Å². The Morgan fingerprint density at radius 2 is 2.11 bits per heavy atom. The molecule has 0 amide bonds. The van der Waals surface area contributed by atoms with Gasteiger partial charge in [-0.05, 0) is 18.2 Å². The highest BCUT2D eigenvalue weighted by Gasteiger charge is 2.06. The molecule has 0 fully saturated rings. The molecule has 0 aliphatic heterocycles. The zero-order valence-electron chi connectivity index (χ0n) is 9.95. The smallest absolute Gasteiger partial charge is 0.165 e. The van der Waals surface area contributed by atoms with Crippen LogP contribution < -0.4 is 10.5 Å². The Labute approximate surface area is 113 Å². The Morgan fingerprint density at radius 3 is 2.89 bits per heavy atom. The van der Waals surface area contributed by atoms with Crippen LogP contribution in [0.3, 0.4) is 0 Å². The van der Waals surface area contributed by atoms with Gasteiger partial charge in [0.1, 0.15) is 12.4 Å². The molecular weight excluding hydrogens is 268 g/mol. The first-order valence-electron chi connectivity index (χ1n) is 5.53. The molecular formula is C14H11F2NOS. The van der Waals surface area contributed by atoms with E-state index in [4.69, 9.17) is 10.5 Å². The Kier molecular flexibility index (Phi) is 4.50. The number of ether oxygens (including phenoxy) is 1. The largest absolute Gasteiger partial charge is 0.485 e. The van der Waals surface area contributed by atoms with Crippen molar-refractivity contribution < 1.29 is 13.5 Å². The molecule has 0 unspecified atom stereocenters. The summed E-state index contributed by atoms with van der Waals surface area (Å²) in [6.45, 7) is 0.478. The van der Waals surface area contributed by atoms with Gasteiger partial charge in [-0.3, -0.25) is 0 Å². The molecule has 1 heterocycles. The molecule has 0 spiro atoms. The van der Waals surface area contributed by atoms with Crippen LogP contribution in [0, 0.1) is 23.5 Å². The minimum Gasteiger partial charge on any atom is -0.485 e. The Balaban J connectivity index is 2.02. The minimum absolute atomic E-state index is 0.0945. The van der Waals surface area contributed by atoms with Gasteiger partial charge in [0.05, 0.1) is 6.54 Å². The first-order valence-corrected chi connectivity index (χ1v) is 6.41. The number of hydrogen-bond donors (Lipinski definition) is 1. The summed E-state index contributed by atoms with van der Waals surface area (Å²) < 4.78 is 31.5. The molecule has 0 radical (unpaired) electrons. The maximum atomic E-state index is 13.3. The van der Waals surface area contributed by atoms with E-state index in [0.29, 0.717) is 6.54 Å². The van der Waals surface area contributed by atoms with Crippen molar-refractivity contribution in [2.24, 2.45) is 5.73 Å². The molecule has 19 heavy (non-hydrogen) atoms. The average molecular weight is 279 g/mol. The predicted molar refractivity (Wildman–Crippen MR) is 70.9 cm³/mol. The molecule has 2 rings (SSSR count). The summed E-state index contributed by atoms with van der Waals surface area (Å²) in [5.74, 6) is 4.42. The quantitative estimate of drug-likeness (QED) is 0.877. The molecule has 1 aromatic heterocycles. The standard InChI is InChI=1S/C14H11F2NOS/c15-11-3-4-13(16)14(7-11)18-8-12-6-10(9-19-12)2-1-5-17/h3-4,6-7,9H,5,8,17H2. The van der Waals surface area contributed by atoms with Gasteiger partial charge in [0.25, 0.3) is 0 Å². The van der Waals surface area contributed by atoms with Gasteiger partial charge in [0, 0.05) is 21.9 Å². The maximum Gasteiger partial charge on any atom is 0.165 e. The Hall–Kier alpha value is -1.90. The summed E-state index contributed by atoms with van der Waals surface area (Å²) in [5.41, 5.74) is 6.12. The third-order valence-electron chi connectivity index (χ3n) is 2.25. The lowest BCUT2D eigenvalue weighted by molar-refractivity contribution is 0.291. The van der Waals surface area contributed by atoms with E-state index in [1.807, 2.05) is 11.4 Å². The van der Waals surface area contributed by atoms with Crippen LogP contribution >= 0.6 is 11.3 Å². The number of halogens is 2. The normalized spacial score (nSPS) is 9.84. The van der Waals surface area contributed by atoms with Crippen molar-refractivity contribution in [1.82, 2.24) is 0 Å². The van der Waals surface area contributed by atoms with Crippen LogP contribution in [0.4, 0.5) is 8.78 Å². The molecule has 1 aromatic carbocycles. The highest BCUT2D eigenvalue weighted by molar-refractivity contribution is 7.10. The number of thiophene rings is 1. The summed E-state index contributed by atoms with van der Waals surface area (Å²) >= 11 is 1.44. The van der Waals surface area contributed by atoms with Crippen LogP contribution in [-0.2, 0) is 6.61 Å². The molecule has 0 aliphatic rings. The van der Waals surface area contributed by atoms with Gasteiger partial charge in [-0.2, -0.15) is 0 Å². The number of nitrogens with two attached hydrogens (primary N) is 1. The van der Waals surface area contributed by atoms with Crippen LogP contribution in [0.15, 0.2) is 29.6 Å². The molecule has 98 valence electrons. The van der Waals surface area contributed by atoms with E-state index < -0.39 is 11.6 Å². The Morgan fingerprint density at radius 1 is 1.26 bits per heavy atom. The van der Waals surface area contributed by atoms with E-state index in [9.17, 15) is 8.78 Å². The fourth-order valence-corrected chi connectivity index (χ4v) is 2.14. The molecule has 2 N–H and O–H groups in total. The third kappa shape index (κ3) is 3.78. The highest BCUT2D eigenvalue weighted by atomic mass is 32.1. The van der Waals surface area contributed by atoms with Gasteiger partial charge < -0.3 is 10.5 Å². The summed E-state index contributed by atoms with van der Waals surface area (Å²) in [6, 6.07) is 4.95. The van der Waals surface area contributed by atoms with Crippen molar-refractivity contribution in [1.29, 1.82) is 0 Å². The first kappa shape index (κ1) is 13.5. The Bertz CT molecular complexity index is 628. The van der Waals surface area contributed by atoms with Gasteiger partial charge in [-0.1, -0.05) is 11.8 Å². The maximum absolute atomic E-state index is 13.3. The molecule has 0 aliphatic carbocycles. The van der Waals surface area contributed by atoms with E-state index in [2.05, 4.69) is 11.8 Å². The van der Waals surface area contributed by atoms with Gasteiger partial charge in [-0.25, -0.2) is 8.78 Å². The van der Waals surface area contributed by atoms with Crippen molar-refractivity contribution in [3.8, 4) is 17.6 Å². The lowest BCUT2D eigenvalue weighted by atomic mass is 10.3. The lowest BCUT2D eigenvalue weighted by Crippen LogP contribution is -1.96. The first-order chi connectivity index (χ1) is 9.19. The fourth-order valence-electron chi connectivity index (χ4n) is 1.41. The number of hydrogen-bond acceptors (Lipinski definition) is 3. The van der Waals surface area contributed by atoms with Crippen molar-refractivity contribution in [2.75, 3.05) is 6.54 Å². The van der Waals surface area contributed by atoms with E-state index in [1.165, 1.54) is 11.3 Å². The SMILES string of the molecule is NCC#Cc1csc(COc2cc(F)ccc2F)c1. The monoisotopic (exact) mass is 279 g/mol. The van der Waals surface area contributed by atoms with E-state index in [1.54, 1.807) is 0 Å². The molecule has 0 saturated carbocycles. The van der Waals surface area contributed by atoms with Gasteiger partial charge in [-0.15, -0.1) is 11.3 Å².